The fourth-order valence-electron chi connectivity index (χ4n) is 5.17. The second-order valence-electron chi connectivity index (χ2n) is 9.71. The highest BCUT2D eigenvalue weighted by Gasteiger charge is 2.20. The third-order valence-electron chi connectivity index (χ3n) is 7.07. The topological polar surface area (TPSA) is 43.7 Å². The molecule has 3 rings (SSSR count). The van der Waals surface area contributed by atoms with E-state index in [1.165, 1.54) is 43.0 Å². The van der Waals surface area contributed by atoms with E-state index in [4.69, 9.17) is 0 Å². The van der Waals surface area contributed by atoms with Crippen molar-refractivity contribution in [2.24, 2.45) is 0 Å². The Bertz CT molecular complexity index is 956. The summed E-state index contributed by atoms with van der Waals surface area (Å²) >= 11 is 0. The largest absolute Gasteiger partial charge is 0.505 e. The van der Waals surface area contributed by atoms with Crippen molar-refractivity contribution in [3.63, 3.8) is 0 Å². The summed E-state index contributed by atoms with van der Waals surface area (Å²) in [5.41, 5.74) is 5.17. The van der Waals surface area contributed by atoms with Gasteiger partial charge in [-0.2, -0.15) is 0 Å². The lowest BCUT2D eigenvalue weighted by Crippen LogP contribution is -2.29. The van der Waals surface area contributed by atoms with E-state index in [1.54, 1.807) is 6.07 Å². The number of halogens is 2. The van der Waals surface area contributed by atoms with Crippen LogP contribution < -0.4 is 0 Å². The highest BCUT2D eigenvalue weighted by molar-refractivity contribution is 5.92. The Labute approximate surface area is 209 Å². The Hall–Kier alpha value is -2.24. The molecule has 0 heterocycles. The molecule has 1 aliphatic carbocycles. The molecule has 35 heavy (non-hydrogen) atoms. The van der Waals surface area contributed by atoms with E-state index in [9.17, 15) is 19.0 Å². The third-order valence-corrected chi connectivity index (χ3v) is 7.07. The quantitative estimate of drug-likeness (QED) is 0.275. The second-order valence-corrected chi connectivity index (χ2v) is 9.71. The average Bonchev–Trinajstić information content (AvgIpc) is 3.01. The number of hydrogen-bond acceptors (Lipinski definition) is 3. The molecule has 0 saturated carbocycles. The minimum Gasteiger partial charge on any atom is -0.505 e. The number of benzene rings is 2. The minimum atomic E-state index is -0.589. The van der Waals surface area contributed by atoms with E-state index in [0.717, 1.165) is 93.3 Å². The van der Waals surface area contributed by atoms with Crippen LogP contribution in [0.1, 0.15) is 87.8 Å². The first-order valence-electron chi connectivity index (χ1n) is 13.4. The molecule has 0 aromatic heterocycles. The minimum absolute atomic E-state index is 0.206. The first kappa shape index (κ1) is 27.3. The van der Waals surface area contributed by atoms with Crippen LogP contribution in [0.15, 0.2) is 36.4 Å². The van der Waals surface area contributed by atoms with E-state index < -0.39 is 5.82 Å². The van der Waals surface area contributed by atoms with Gasteiger partial charge in [-0.05, 0) is 110 Å². The number of aryl methyl sites for hydroxylation is 1. The van der Waals surface area contributed by atoms with Crippen molar-refractivity contribution in [2.75, 3.05) is 26.2 Å². The van der Waals surface area contributed by atoms with Crippen LogP contribution in [0.5, 0.6) is 5.75 Å². The van der Waals surface area contributed by atoms with Crippen molar-refractivity contribution in [2.45, 2.75) is 77.6 Å². The van der Waals surface area contributed by atoms with Crippen LogP contribution in [0.25, 0.3) is 11.1 Å². The van der Waals surface area contributed by atoms with Crippen LogP contribution >= 0.6 is 0 Å². The molecule has 192 valence electrons. The molecule has 1 aliphatic rings. The summed E-state index contributed by atoms with van der Waals surface area (Å²) < 4.78 is 28.0. The van der Waals surface area contributed by atoms with E-state index in [2.05, 4.69) is 11.8 Å². The zero-order valence-electron chi connectivity index (χ0n) is 21.2. The van der Waals surface area contributed by atoms with Crippen molar-refractivity contribution in [3.8, 4) is 5.75 Å². The van der Waals surface area contributed by atoms with Crippen molar-refractivity contribution in [3.05, 3.63) is 64.7 Å². The maximum Gasteiger partial charge on any atom is 0.165 e. The number of fused-ring (bicyclic) bond motifs is 1. The normalized spacial score (nSPS) is 13.9. The number of aliphatic hydroxyl groups excluding tert-OH is 1. The number of hydrogen-bond donors (Lipinski definition) is 2. The summed E-state index contributed by atoms with van der Waals surface area (Å²) in [4.78, 5) is 2.36. The van der Waals surface area contributed by atoms with Crippen LogP contribution in [0.2, 0.25) is 0 Å². The predicted molar refractivity (Wildman–Crippen MR) is 140 cm³/mol. The summed E-state index contributed by atoms with van der Waals surface area (Å²) in [7, 11) is 0. The fourth-order valence-corrected chi connectivity index (χ4v) is 5.17. The van der Waals surface area contributed by atoms with Gasteiger partial charge in [0.25, 0.3) is 0 Å². The molecule has 2 N–H and O–H groups in total. The molecule has 0 bridgehead atoms. The molecular weight excluding hydrogens is 444 g/mol. The van der Waals surface area contributed by atoms with Crippen LogP contribution in [-0.2, 0) is 6.42 Å². The molecule has 0 atom stereocenters. The molecular formula is C30H41F2NO2. The molecule has 0 saturated heterocycles. The summed E-state index contributed by atoms with van der Waals surface area (Å²) in [5, 5.41) is 19.3. The van der Waals surface area contributed by atoms with Crippen LogP contribution in [0.3, 0.4) is 0 Å². The third kappa shape index (κ3) is 8.15. The molecule has 0 unspecified atom stereocenters. The number of phenolic OH excluding ortho intramolecular Hbond substituents is 1. The van der Waals surface area contributed by atoms with Gasteiger partial charge in [0.2, 0.25) is 0 Å². The Balaban J connectivity index is 1.67. The molecule has 0 radical (unpaired) electrons. The van der Waals surface area contributed by atoms with Crippen LogP contribution in [-0.4, -0.2) is 41.4 Å². The van der Waals surface area contributed by atoms with Gasteiger partial charge in [-0.25, -0.2) is 8.78 Å². The van der Waals surface area contributed by atoms with Gasteiger partial charge in [-0.15, -0.1) is 0 Å². The maximum absolute atomic E-state index is 14.4. The van der Waals surface area contributed by atoms with E-state index in [1.807, 2.05) is 12.1 Å². The number of rotatable bonds is 14. The van der Waals surface area contributed by atoms with E-state index in [-0.39, 0.29) is 18.2 Å². The number of allylic oxidation sites excluding steroid dienone is 2. The standard InChI is InChI=1S/C30H41F2NO2/c1-2-3-7-17-33(19-20-34)18-8-5-4-6-11-27-26(23-13-15-25(31)16-14-23)12-9-10-24-21-30(35)29(32)22-28(24)27/h13-16,21-22,34-35H,2-12,17-20H2,1H3. The van der Waals surface area contributed by atoms with Gasteiger partial charge < -0.3 is 15.1 Å². The van der Waals surface area contributed by atoms with Gasteiger partial charge in [0.1, 0.15) is 5.82 Å². The van der Waals surface area contributed by atoms with Crippen molar-refractivity contribution in [1.82, 2.24) is 4.90 Å². The summed E-state index contributed by atoms with van der Waals surface area (Å²) in [5.74, 6) is -1.14. The highest BCUT2D eigenvalue weighted by atomic mass is 19.1. The van der Waals surface area contributed by atoms with Crippen LogP contribution in [0.4, 0.5) is 8.78 Å². The number of aliphatic hydroxyl groups is 1. The fraction of sp³-hybridized carbons (Fsp3) is 0.533. The Morgan fingerprint density at radius 2 is 1.57 bits per heavy atom. The zero-order valence-corrected chi connectivity index (χ0v) is 21.2. The average molecular weight is 486 g/mol. The number of phenols is 1. The lowest BCUT2D eigenvalue weighted by atomic mass is 9.89. The summed E-state index contributed by atoms with van der Waals surface area (Å²) in [6.07, 6.45) is 11.3. The number of unbranched alkanes of at least 4 members (excludes halogenated alkanes) is 5. The van der Waals surface area contributed by atoms with Gasteiger partial charge >= 0.3 is 0 Å². The monoisotopic (exact) mass is 485 g/mol. The van der Waals surface area contributed by atoms with Gasteiger partial charge in [0.15, 0.2) is 11.6 Å². The summed E-state index contributed by atoms with van der Waals surface area (Å²) in [6.45, 7) is 5.22. The highest BCUT2D eigenvalue weighted by Crippen LogP contribution is 2.40. The van der Waals surface area contributed by atoms with E-state index >= 15 is 0 Å². The maximum atomic E-state index is 14.4. The Morgan fingerprint density at radius 1 is 0.857 bits per heavy atom. The first-order valence-corrected chi connectivity index (χ1v) is 13.4. The summed E-state index contributed by atoms with van der Waals surface area (Å²) in [6, 6.07) is 9.68. The zero-order chi connectivity index (χ0) is 25.0. The molecule has 0 amide bonds. The SMILES string of the molecule is CCCCCN(CCO)CCCCCCC1=C(c2ccc(F)cc2)CCCc2cc(O)c(F)cc21. The van der Waals surface area contributed by atoms with E-state index in [0.29, 0.717) is 0 Å². The van der Waals surface area contributed by atoms with Crippen molar-refractivity contribution >= 4 is 11.1 Å². The van der Waals surface area contributed by atoms with Crippen molar-refractivity contribution < 1.29 is 19.0 Å². The molecule has 5 heteroatoms. The van der Waals surface area contributed by atoms with Crippen molar-refractivity contribution in [1.29, 1.82) is 0 Å². The Morgan fingerprint density at radius 3 is 2.29 bits per heavy atom. The molecule has 3 nitrogen and oxygen atoms in total. The molecule has 2 aromatic rings. The molecule has 0 fully saturated rings. The number of aromatic hydroxyl groups is 1. The van der Waals surface area contributed by atoms with Gasteiger partial charge in [0.05, 0.1) is 6.61 Å². The number of nitrogens with zero attached hydrogens (tertiary/aromatic N) is 1. The lowest BCUT2D eigenvalue weighted by Gasteiger charge is -2.21. The molecule has 0 aliphatic heterocycles. The van der Waals surface area contributed by atoms with Crippen LogP contribution in [0, 0.1) is 11.6 Å². The smallest absolute Gasteiger partial charge is 0.165 e. The second kappa shape index (κ2) is 14.4. The van der Waals surface area contributed by atoms with Gasteiger partial charge in [-0.3, -0.25) is 0 Å². The molecule has 0 spiro atoms. The van der Waals surface area contributed by atoms with Gasteiger partial charge in [-0.1, -0.05) is 44.7 Å². The molecule has 2 aromatic carbocycles. The lowest BCUT2D eigenvalue weighted by molar-refractivity contribution is 0.190. The first-order chi connectivity index (χ1) is 17.0. The Kier molecular flexibility index (Phi) is 11.2. The van der Waals surface area contributed by atoms with Gasteiger partial charge in [0, 0.05) is 6.54 Å². The predicted octanol–water partition coefficient (Wildman–Crippen LogP) is 7.35.